The van der Waals surface area contributed by atoms with Crippen LogP contribution in [0.1, 0.15) is 34.3 Å². The Hall–Kier alpha value is -1.40. The van der Waals surface area contributed by atoms with Gasteiger partial charge in [-0.3, -0.25) is 0 Å². The number of aryl methyl sites for hydroxylation is 1. The lowest BCUT2D eigenvalue weighted by atomic mass is 10.1. The van der Waals surface area contributed by atoms with E-state index in [9.17, 15) is 13.2 Å². The average Bonchev–Trinajstić information content (AvgIpc) is 2.42. The molecule has 1 aromatic rings. The second kappa shape index (κ2) is 5.54. The van der Waals surface area contributed by atoms with Gasteiger partial charge < -0.3 is 9.84 Å². The van der Waals surface area contributed by atoms with E-state index in [1.54, 1.807) is 13.8 Å². The third-order valence-corrected chi connectivity index (χ3v) is 6.02. The number of rotatable bonds is 3. The van der Waals surface area contributed by atoms with Crippen molar-refractivity contribution in [3.05, 3.63) is 28.8 Å². The zero-order chi connectivity index (χ0) is 14.9. The lowest BCUT2D eigenvalue weighted by molar-refractivity contribution is 0.0696. The fraction of sp³-hybridized carbons (Fsp3) is 0.500. The predicted octanol–water partition coefficient (Wildman–Crippen LogP) is 1.95. The van der Waals surface area contributed by atoms with Crippen molar-refractivity contribution in [2.45, 2.75) is 36.8 Å². The first-order valence-electron chi connectivity index (χ1n) is 6.50. The number of hydrogen-bond donors (Lipinski definition) is 1. The molecule has 2 rings (SSSR count). The number of benzene rings is 1. The summed E-state index contributed by atoms with van der Waals surface area (Å²) in [6, 6.07) is 2.75. The van der Waals surface area contributed by atoms with Crippen molar-refractivity contribution in [3.8, 4) is 0 Å². The monoisotopic (exact) mass is 298 g/mol. The van der Waals surface area contributed by atoms with Gasteiger partial charge in [-0.05, 0) is 49.9 Å². The summed E-state index contributed by atoms with van der Waals surface area (Å²) in [5, 5.41) is 8.50. The second-order valence-electron chi connectivity index (χ2n) is 5.11. The zero-order valence-corrected chi connectivity index (χ0v) is 12.4. The highest BCUT2D eigenvalue weighted by atomic mass is 32.2. The Bertz CT molecular complexity index is 627. The van der Waals surface area contributed by atoms with E-state index in [2.05, 4.69) is 0 Å². The van der Waals surface area contributed by atoms with Crippen molar-refractivity contribution in [2.75, 3.05) is 13.2 Å². The number of carbonyl (C=O) groups is 1. The molecule has 1 atom stereocenters. The van der Waals surface area contributed by atoms with E-state index in [0.717, 1.165) is 0 Å². The summed E-state index contributed by atoms with van der Waals surface area (Å²) in [5.41, 5.74) is 1.28. The van der Waals surface area contributed by atoms with Crippen LogP contribution in [0, 0.1) is 13.8 Å². The molecule has 1 heterocycles. The molecule has 20 heavy (non-hydrogen) atoms. The Morgan fingerprint density at radius 1 is 1.35 bits per heavy atom. The molecule has 1 aliphatic rings. The molecule has 5 nitrogen and oxygen atoms in total. The van der Waals surface area contributed by atoms with Gasteiger partial charge in [0.05, 0.1) is 22.3 Å². The van der Waals surface area contributed by atoms with E-state index in [1.165, 1.54) is 12.1 Å². The van der Waals surface area contributed by atoms with Crippen LogP contribution in [-0.2, 0) is 14.6 Å². The second-order valence-corrected chi connectivity index (χ2v) is 7.30. The molecule has 0 spiro atoms. The quantitative estimate of drug-likeness (QED) is 0.922. The van der Waals surface area contributed by atoms with E-state index in [1.807, 2.05) is 0 Å². The number of aromatic carboxylic acids is 1. The minimum absolute atomic E-state index is 0.00315. The first-order valence-corrected chi connectivity index (χ1v) is 8.05. The highest BCUT2D eigenvalue weighted by Crippen LogP contribution is 2.28. The van der Waals surface area contributed by atoms with E-state index in [4.69, 9.17) is 9.84 Å². The molecule has 1 aromatic carbocycles. The minimum Gasteiger partial charge on any atom is -0.478 e. The molecule has 110 valence electrons. The molecule has 6 heteroatoms. The molecule has 1 unspecified atom stereocenters. The molecule has 1 N–H and O–H groups in total. The Morgan fingerprint density at radius 2 is 2.05 bits per heavy atom. The summed E-state index contributed by atoms with van der Waals surface area (Å²) in [4.78, 5) is 11.2. The van der Waals surface area contributed by atoms with Crippen molar-refractivity contribution in [2.24, 2.45) is 0 Å². The number of carboxylic acids is 1. The van der Waals surface area contributed by atoms with Gasteiger partial charge in [-0.2, -0.15) is 0 Å². The normalized spacial score (nSPS) is 19.8. The molecule has 0 aromatic heterocycles. The molecular formula is C14H18O5S. The minimum atomic E-state index is -3.56. The first kappa shape index (κ1) is 15.0. The highest BCUT2D eigenvalue weighted by molar-refractivity contribution is 7.92. The molecule has 0 aliphatic carbocycles. The topological polar surface area (TPSA) is 80.7 Å². The average molecular weight is 298 g/mol. The van der Waals surface area contributed by atoms with Crippen LogP contribution in [-0.4, -0.2) is 38.0 Å². The first-order chi connectivity index (χ1) is 9.34. The molecule has 1 saturated heterocycles. The summed E-state index contributed by atoms with van der Waals surface area (Å²) < 4.78 is 30.6. The Labute approximate surface area is 118 Å². The molecule has 0 radical (unpaired) electrons. The van der Waals surface area contributed by atoms with Crippen molar-refractivity contribution in [1.82, 2.24) is 0 Å². The van der Waals surface area contributed by atoms with Crippen LogP contribution in [0.2, 0.25) is 0 Å². The van der Waals surface area contributed by atoms with E-state index in [-0.39, 0.29) is 17.1 Å². The number of sulfone groups is 1. The van der Waals surface area contributed by atoms with Gasteiger partial charge in [0.25, 0.3) is 0 Å². The summed E-state index contributed by atoms with van der Waals surface area (Å²) in [6.07, 6.45) is 1.26. The van der Waals surface area contributed by atoms with Crippen LogP contribution in [0.4, 0.5) is 0 Å². The third kappa shape index (κ3) is 2.71. The van der Waals surface area contributed by atoms with Crippen molar-refractivity contribution in [3.63, 3.8) is 0 Å². The van der Waals surface area contributed by atoms with Crippen LogP contribution in [0.15, 0.2) is 17.0 Å². The summed E-state index contributed by atoms with van der Waals surface area (Å²) >= 11 is 0. The third-order valence-electron chi connectivity index (χ3n) is 3.73. The predicted molar refractivity (Wildman–Crippen MR) is 73.9 cm³/mol. The standard InChI is InChI=1S/C14H18O5S/c1-9-6-11(14(15)16)7-13(10(9)2)20(17,18)12-4-3-5-19-8-12/h6-7,12H,3-5,8H2,1-2H3,(H,15,16). The van der Waals surface area contributed by atoms with Crippen LogP contribution in [0.5, 0.6) is 0 Å². The molecule has 1 fully saturated rings. The molecular weight excluding hydrogens is 280 g/mol. The maximum absolute atomic E-state index is 12.7. The van der Waals surface area contributed by atoms with Gasteiger partial charge in [0.1, 0.15) is 0 Å². The van der Waals surface area contributed by atoms with Gasteiger partial charge in [0, 0.05) is 6.61 Å². The summed E-state index contributed by atoms with van der Waals surface area (Å²) in [6.45, 7) is 4.19. The maximum atomic E-state index is 12.7. The largest absolute Gasteiger partial charge is 0.478 e. The smallest absolute Gasteiger partial charge is 0.335 e. The highest BCUT2D eigenvalue weighted by Gasteiger charge is 2.31. The Balaban J connectivity index is 2.52. The van der Waals surface area contributed by atoms with E-state index >= 15 is 0 Å². The number of hydrogen-bond acceptors (Lipinski definition) is 4. The maximum Gasteiger partial charge on any atom is 0.335 e. The van der Waals surface area contributed by atoms with Crippen LogP contribution in [0.25, 0.3) is 0 Å². The van der Waals surface area contributed by atoms with Crippen molar-refractivity contribution >= 4 is 15.8 Å². The van der Waals surface area contributed by atoms with Crippen LogP contribution in [0.3, 0.4) is 0 Å². The van der Waals surface area contributed by atoms with E-state index in [0.29, 0.717) is 30.6 Å². The molecule has 0 bridgehead atoms. The van der Waals surface area contributed by atoms with Gasteiger partial charge in [-0.1, -0.05) is 0 Å². The lowest BCUT2D eigenvalue weighted by Gasteiger charge is -2.23. The van der Waals surface area contributed by atoms with Crippen molar-refractivity contribution in [1.29, 1.82) is 0 Å². The Morgan fingerprint density at radius 3 is 2.60 bits per heavy atom. The summed E-state index contributed by atoms with van der Waals surface area (Å²) in [5.74, 6) is -1.12. The zero-order valence-electron chi connectivity index (χ0n) is 11.5. The molecule has 1 aliphatic heterocycles. The summed E-state index contributed by atoms with van der Waals surface area (Å²) in [7, 11) is -3.56. The molecule has 0 saturated carbocycles. The van der Waals surface area contributed by atoms with E-state index < -0.39 is 21.1 Å². The number of carboxylic acid groups (broad SMARTS) is 1. The Kier molecular flexibility index (Phi) is 4.15. The van der Waals surface area contributed by atoms with Gasteiger partial charge in [0.15, 0.2) is 9.84 Å². The fourth-order valence-electron chi connectivity index (χ4n) is 2.38. The van der Waals surface area contributed by atoms with Gasteiger partial charge in [-0.25, -0.2) is 13.2 Å². The van der Waals surface area contributed by atoms with Gasteiger partial charge in [0.2, 0.25) is 0 Å². The lowest BCUT2D eigenvalue weighted by Crippen LogP contribution is -2.31. The van der Waals surface area contributed by atoms with Crippen LogP contribution >= 0.6 is 0 Å². The molecule has 0 amide bonds. The number of ether oxygens (including phenoxy) is 1. The van der Waals surface area contributed by atoms with Gasteiger partial charge >= 0.3 is 5.97 Å². The van der Waals surface area contributed by atoms with Crippen LogP contribution < -0.4 is 0 Å². The SMILES string of the molecule is Cc1cc(C(=O)O)cc(S(=O)(=O)C2CCCOC2)c1C. The van der Waals surface area contributed by atoms with Crippen molar-refractivity contribution < 1.29 is 23.1 Å². The fourth-order valence-corrected chi connectivity index (χ4v) is 4.37. The van der Waals surface area contributed by atoms with Gasteiger partial charge in [-0.15, -0.1) is 0 Å².